The first-order chi connectivity index (χ1) is 10.8. The molecule has 0 bridgehead atoms. The maximum absolute atomic E-state index is 9.85. The molecule has 23 heavy (non-hydrogen) atoms. The van der Waals surface area contributed by atoms with Gasteiger partial charge in [0.1, 0.15) is 17.2 Å². The summed E-state index contributed by atoms with van der Waals surface area (Å²) in [4.78, 5) is 0. The van der Waals surface area contributed by atoms with E-state index in [1.807, 2.05) is 32.0 Å². The molecule has 1 unspecified atom stereocenters. The quantitative estimate of drug-likeness (QED) is 0.433. The van der Waals surface area contributed by atoms with Gasteiger partial charge in [-0.15, -0.1) is 0 Å². The van der Waals surface area contributed by atoms with Gasteiger partial charge >= 0.3 is 0 Å². The van der Waals surface area contributed by atoms with Crippen molar-refractivity contribution in [3.05, 3.63) is 48.1 Å². The maximum atomic E-state index is 9.85. The fourth-order valence-corrected chi connectivity index (χ4v) is 3.88. The zero-order chi connectivity index (χ0) is 17.1. The van der Waals surface area contributed by atoms with E-state index in [0.29, 0.717) is 12.2 Å². The second-order valence-corrected chi connectivity index (χ2v) is 7.62. The molecule has 2 rings (SSSR count). The third-order valence-corrected chi connectivity index (χ3v) is 5.04. The number of hydrogen-bond donors (Lipinski definition) is 2. The number of aliphatic hydroxyl groups excluding tert-OH is 1. The van der Waals surface area contributed by atoms with Gasteiger partial charge in [0.25, 0.3) is 0 Å². The molecule has 0 radical (unpaired) electrons. The number of hydrogen-bond acceptors (Lipinski definition) is 4. The number of phenols is 1. The number of phenolic OH excluding ortho intramolecular Hbond substituents is 1. The molecule has 0 fully saturated rings. The molecule has 4 nitrogen and oxygen atoms in total. The Bertz CT molecular complexity index is 670. The summed E-state index contributed by atoms with van der Waals surface area (Å²) in [6.45, 7) is 3.82. The molecule has 1 atom stereocenters. The Labute approximate surface area is 163 Å². The summed E-state index contributed by atoms with van der Waals surface area (Å²) in [6.07, 6.45) is -0.373. The van der Waals surface area contributed by atoms with E-state index in [-0.39, 0.29) is 5.75 Å². The first-order valence-corrected chi connectivity index (χ1v) is 9.14. The van der Waals surface area contributed by atoms with E-state index in [2.05, 4.69) is 45.2 Å². The molecule has 0 aliphatic rings. The van der Waals surface area contributed by atoms with Crippen LogP contribution in [0.15, 0.2) is 24.3 Å². The normalized spacial score (nSPS) is 12.3. The zero-order valence-electron chi connectivity index (χ0n) is 13.1. The second kappa shape index (κ2) is 8.00. The van der Waals surface area contributed by atoms with Crippen LogP contribution in [-0.2, 0) is 11.2 Å². The summed E-state index contributed by atoms with van der Waals surface area (Å²) in [6, 6.07) is 7.58. The Balaban J connectivity index is 2.30. The van der Waals surface area contributed by atoms with Crippen LogP contribution in [0, 0.1) is 21.0 Å². The lowest BCUT2D eigenvalue weighted by molar-refractivity contribution is -0.0720. The minimum atomic E-state index is -0.807. The van der Waals surface area contributed by atoms with Crippen LogP contribution in [0.25, 0.3) is 0 Å². The fourth-order valence-electron chi connectivity index (χ4n) is 2.22. The van der Waals surface area contributed by atoms with Crippen molar-refractivity contribution in [1.82, 2.24) is 0 Å². The first-order valence-electron chi connectivity index (χ1n) is 6.98. The van der Waals surface area contributed by atoms with Crippen LogP contribution in [-0.4, -0.2) is 23.6 Å². The monoisotopic (exact) mass is 540 g/mol. The van der Waals surface area contributed by atoms with Crippen LogP contribution >= 0.6 is 45.2 Å². The van der Waals surface area contributed by atoms with Gasteiger partial charge in [-0.1, -0.05) is 6.07 Å². The van der Waals surface area contributed by atoms with Crippen molar-refractivity contribution >= 4 is 45.2 Å². The second-order valence-electron chi connectivity index (χ2n) is 5.29. The Morgan fingerprint density at radius 2 is 1.74 bits per heavy atom. The van der Waals surface area contributed by atoms with Crippen LogP contribution in [0.1, 0.15) is 16.7 Å². The molecule has 124 valence electrons. The van der Waals surface area contributed by atoms with Gasteiger partial charge in [0, 0.05) is 13.5 Å². The van der Waals surface area contributed by atoms with E-state index in [9.17, 15) is 10.2 Å². The molecule has 6 heteroatoms. The van der Waals surface area contributed by atoms with E-state index >= 15 is 0 Å². The van der Waals surface area contributed by atoms with Gasteiger partial charge in [0.2, 0.25) is 0 Å². The zero-order valence-corrected chi connectivity index (χ0v) is 17.4. The number of aromatic hydroxyl groups is 1. The number of halogens is 2. The van der Waals surface area contributed by atoms with Gasteiger partial charge in [-0.05, 0) is 93.9 Å². The number of aliphatic hydroxyl groups is 1. The van der Waals surface area contributed by atoms with Crippen molar-refractivity contribution in [3.63, 3.8) is 0 Å². The van der Waals surface area contributed by atoms with Crippen molar-refractivity contribution in [1.29, 1.82) is 0 Å². The van der Waals surface area contributed by atoms with E-state index in [0.717, 1.165) is 29.6 Å². The third-order valence-electron chi connectivity index (χ3n) is 3.42. The lowest BCUT2D eigenvalue weighted by Crippen LogP contribution is -2.12. The highest BCUT2D eigenvalue weighted by Gasteiger charge is 2.13. The van der Waals surface area contributed by atoms with Crippen LogP contribution in [0.2, 0.25) is 0 Å². The van der Waals surface area contributed by atoms with Gasteiger partial charge < -0.3 is 19.7 Å². The largest absolute Gasteiger partial charge is 0.507 e. The number of aryl methyl sites for hydroxylation is 2. The predicted molar refractivity (Wildman–Crippen MR) is 106 cm³/mol. The molecular formula is C17H18I2O4. The summed E-state index contributed by atoms with van der Waals surface area (Å²) in [5.74, 6) is 1.76. The number of methoxy groups -OCH3 is 1. The SMILES string of the molecule is COC(O)Cc1cc(C)c(Oc2cc(C)c(O)c(I)c2)c(I)c1. The Hall–Kier alpha value is -0.580. The van der Waals surface area contributed by atoms with Crippen LogP contribution in [0.5, 0.6) is 17.2 Å². The molecule has 0 spiro atoms. The molecule has 0 heterocycles. The third kappa shape index (κ3) is 4.71. The molecule has 0 amide bonds. The highest BCUT2D eigenvalue weighted by atomic mass is 127. The van der Waals surface area contributed by atoms with E-state index in [1.165, 1.54) is 7.11 Å². The van der Waals surface area contributed by atoms with E-state index in [1.54, 1.807) is 6.07 Å². The van der Waals surface area contributed by atoms with Crippen molar-refractivity contribution in [2.45, 2.75) is 26.6 Å². The fraction of sp³-hybridized carbons (Fsp3) is 0.294. The topological polar surface area (TPSA) is 58.9 Å². The first kappa shape index (κ1) is 18.8. The number of ether oxygens (including phenoxy) is 2. The summed E-state index contributed by atoms with van der Waals surface area (Å²) in [7, 11) is 1.48. The summed E-state index contributed by atoms with van der Waals surface area (Å²) < 4.78 is 12.6. The lowest BCUT2D eigenvalue weighted by atomic mass is 10.1. The Kier molecular flexibility index (Phi) is 6.52. The van der Waals surface area contributed by atoms with E-state index in [4.69, 9.17) is 9.47 Å². The summed E-state index contributed by atoms with van der Waals surface area (Å²) in [5, 5.41) is 19.5. The van der Waals surface area contributed by atoms with Crippen LogP contribution in [0.3, 0.4) is 0 Å². The highest BCUT2D eigenvalue weighted by Crippen LogP contribution is 2.35. The standard InChI is InChI=1S/C17H18I2O4/c1-9-5-12(8-13(18)16(9)21)23-17-10(2)4-11(6-14(17)19)7-15(20)22-3/h4-6,8,15,20-21H,7H2,1-3H3. The minimum absolute atomic E-state index is 0.285. The summed E-state index contributed by atoms with van der Waals surface area (Å²) >= 11 is 4.31. The molecule has 0 aliphatic carbocycles. The van der Waals surface area contributed by atoms with Crippen molar-refractivity contribution in [3.8, 4) is 17.2 Å². The Morgan fingerprint density at radius 3 is 2.30 bits per heavy atom. The van der Waals surface area contributed by atoms with Gasteiger partial charge in [0.15, 0.2) is 6.29 Å². The molecule has 2 N–H and O–H groups in total. The Morgan fingerprint density at radius 1 is 1.04 bits per heavy atom. The molecule has 0 aliphatic heterocycles. The van der Waals surface area contributed by atoms with Gasteiger partial charge in [-0.3, -0.25) is 0 Å². The minimum Gasteiger partial charge on any atom is -0.507 e. The lowest BCUT2D eigenvalue weighted by Gasteiger charge is -2.15. The highest BCUT2D eigenvalue weighted by molar-refractivity contribution is 14.1. The molecule has 2 aromatic rings. The van der Waals surface area contributed by atoms with Crippen molar-refractivity contribution in [2.24, 2.45) is 0 Å². The smallest absolute Gasteiger partial charge is 0.158 e. The number of rotatable bonds is 5. The van der Waals surface area contributed by atoms with Gasteiger partial charge in [-0.25, -0.2) is 0 Å². The van der Waals surface area contributed by atoms with Gasteiger partial charge in [-0.2, -0.15) is 0 Å². The van der Waals surface area contributed by atoms with Crippen LogP contribution < -0.4 is 4.74 Å². The molecule has 0 aromatic heterocycles. The van der Waals surface area contributed by atoms with Crippen molar-refractivity contribution in [2.75, 3.05) is 7.11 Å². The molecule has 0 saturated heterocycles. The summed E-state index contributed by atoms with van der Waals surface area (Å²) in [5.41, 5.74) is 2.75. The average molecular weight is 540 g/mol. The average Bonchev–Trinajstić information content (AvgIpc) is 2.48. The van der Waals surface area contributed by atoms with Crippen LogP contribution in [0.4, 0.5) is 0 Å². The van der Waals surface area contributed by atoms with Gasteiger partial charge in [0.05, 0.1) is 7.14 Å². The molecule has 2 aromatic carbocycles. The maximum Gasteiger partial charge on any atom is 0.158 e. The van der Waals surface area contributed by atoms with E-state index < -0.39 is 6.29 Å². The predicted octanol–water partition coefficient (Wildman–Crippen LogP) is 4.52. The number of benzene rings is 2. The molecule has 0 saturated carbocycles. The molecular weight excluding hydrogens is 522 g/mol. The van der Waals surface area contributed by atoms with Crippen molar-refractivity contribution < 1.29 is 19.7 Å².